The van der Waals surface area contributed by atoms with Crippen molar-refractivity contribution in [3.05, 3.63) is 12.3 Å². The van der Waals surface area contributed by atoms with Gasteiger partial charge in [-0.2, -0.15) is 0 Å². The Morgan fingerprint density at radius 1 is 1.50 bits per heavy atom. The fraction of sp³-hybridized carbons (Fsp3) is 0.500. The number of allylic oxidation sites excluding steroid dienone is 1. The molecule has 0 radical (unpaired) electrons. The largest absolute Gasteiger partial charge is 0.459 e. The van der Waals surface area contributed by atoms with Gasteiger partial charge >= 0.3 is 5.97 Å². The standard InChI is InChI=1S/C10H13NO3/c1-10(2,3)14-9(13)7-6-11-5-4-8(7)12/h4-7H,1-3H3. The maximum absolute atomic E-state index is 11.5. The normalized spacial score (nSPS) is 21.1. The Labute approximate surface area is 82.7 Å². The summed E-state index contributed by atoms with van der Waals surface area (Å²) in [5, 5.41) is 0. The van der Waals surface area contributed by atoms with Crippen LogP contribution in [-0.4, -0.2) is 23.6 Å². The van der Waals surface area contributed by atoms with E-state index in [2.05, 4.69) is 4.99 Å². The van der Waals surface area contributed by atoms with Gasteiger partial charge in [0, 0.05) is 18.5 Å². The summed E-state index contributed by atoms with van der Waals surface area (Å²) in [5.41, 5.74) is -0.577. The van der Waals surface area contributed by atoms with Crippen molar-refractivity contribution in [2.75, 3.05) is 0 Å². The summed E-state index contributed by atoms with van der Waals surface area (Å²) in [6, 6.07) is 0. The van der Waals surface area contributed by atoms with Crippen LogP contribution in [0.2, 0.25) is 0 Å². The Hall–Kier alpha value is -1.45. The number of rotatable bonds is 1. The topological polar surface area (TPSA) is 55.7 Å². The molecule has 0 N–H and O–H groups in total. The fourth-order valence-corrected chi connectivity index (χ4v) is 0.972. The Morgan fingerprint density at radius 3 is 2.64 bits per heavy atom. The molecule has 0 aliphatic carbocycles. The molecule has 1 aliphatic rings. The zero-order valence-corrected chi connectivity index (χ0v) is 8.48. The molecule has 0 aromatic heterocycles. The molecule has 1 atom stereocenters. The number of ketones is 1. The zero-order valence-electron chi connectivity index (χ0n) is 8.48. The van der Waals surface area contributed by atoms with E-state index in [1.807, 2.05) is 0 Å². The molecule has 0 saturated heterocycles. The van der Waals surface area contributed by atoms with Gasteiger partial charge in [-0.3, -0.25) is 14.6 Å². The third-order valence-electron chi connectivity index (χ3n) is 1.53. The minimum Gasteiger partial charge on any atom is -0.459 e. The second kappa shape index (κ2) is 3.74. The number of nitrogens with zero attached hydrogens (tertiary/aromatic N) is 1. The van der Waals surface area contributed by atoms with E-state index in [0.717, 1.165) is 0 Å². The summed E-state index contributed by atoms with van der Waals surface area (Å²) >= 11 is 0. The number of hydrogen-bond acceptors (Lipinski definition) is 4. The molecule has 0 aromatic carbocycles. The lowest BCUT2D eigenvalue weighted by Gasteiger charge is -2.21. The number of carbonyl (C=O) groups excluding carboxylic acids is 2. The molecule has 4 heteroatoms. The summed E-state index contributed by atoms with van der Waals surface area (Å²) in [4.78, 5) is 26.4. The van der Waals surface area contributed by atoms with Crippen molar-refractivity contribution in [1.29, 1.82) is 0 Å². The Bertz CT molecular complexity index is 310. The van der Waals surface area contributed by atoms with Crippen LogP contribution in [0.5, 0.6) is 0 Å². The smallest absolute Gasteiger partial charge is 0.322 e. The van der Waals surface area contributed by atoms with Crippen LogP contribution in [0, 0.1) is 5.92 Å². The van der Waals surface area contributed by atoms with Crippen LogP contribution in [0.25, 0.3) is 0 Å². The molecule has 14 heavy (non-hydrogen) atoms. The first-order chi connectivity index (χ1) is 6.40. The highest BCUT2D eigenvalue weighted by molar-refractivity contribution is 6.17. The Morgan fingerprint density at radius 2 is 2.14 bits per heavy atom. The second-order valence-corrected chi connectivity index (χ2v) is 4.03. The second-order valence-electron chi connectivity index (χ2n) is 4.03. The zero-order chi connectivity index (χ0) is 10.8. The first kappa shape index (κ1) is 10.6. The maximum Gasteiger partial charge on any atom is 0.322 e. The Kier molecular flexibility index (Phi) is 2.84. The van der Waals surface area contributed by atoms with Crippen molar-refractivity contribution in [2.45, 2.75) is 26.4 Å². The van der Waals surface area contributed by atoms with E-state index in [0.29, 0.717) is 0 Å². The van der Waals surface area contributed by atoms with Crippen LogP contribution in [-0.2, 0) is 14.3 Å². The van der Waals surface area contributed by atoms with E-state index in [-0.39, 0.29) is 5.78 Å². The van der Waals surface area contributed by atoms with Crippen molar-refractivity contribution in [1.82, 2.24) is 0 Å². The molecule has 0 bridgehead atoms. The van der Waals surface area contributed by atoms with E-state index in [9.17, 15) is 9.59 Å². The van der Waals surface area contributed by atoms with Gasteiger partial charge in [-0.1, -0.05) is 0 Å². The minimum atomic E-state index is -0.876. The van der Waals surface area contributed by atoms with Crippen molar-refractivity contribution in [3.63, 3.8) is 0 Å². The van der Waals surface area contributed by atoms with Gasteiger partial charge in [-0.25, -0.2) is 0 Å². The van der Waals surface area contributed by atoms with Crippen molar-refractivity contribution in [3.8, 4) is 0 Å². The van der Waals surface area contributed by atoms with Gasteiger partial charge in [0.25, 0.3) is 0 Å². The van der Waals surface area contributed by atoms with Crippen LogP contribution in [0.3, 0.4) is 0 Å². The molecule has 0 amide bonds. The number of hydrogen-bond donors (Lipinski definition) is 0. The molecule has 76 valence electrons. The van der Waals surface area contributed by atoms with Gasteiger partial charge in [-0.15, -0.1) is 0 Å². The lowest BCUT2D eigenvalue weighted by atomic mass is 10.0. The summed E-state index contributed by atoms with van der Waals surface area (Å²) in [6.45, 7) is 5.27. The molecule has 1 rings (SSSR count). The Balaban J connectivity index is 2.66. The summed E-state index contributed by atoms with van der Waals surface area (Å²) < 4.78 is 5.06. The first-order valence-corrected chi connectivity index (χ1v) is 4.37. The monoisotopic (exact) mass is 195 g/mol. The fourth-order valence-electron chi connectivity index (χ4n) is 0.972. The predicted molar refractivity (Wildman–Crippen MR) is 52.0 cm³/mol. The van der Waals surface area contributed by atoms with E-state index in [1.165, 1.54) is 18.5 Å². The van der Waals surface area contributed by atoms with Gasteiger partial charge in [-0.05, 0) is 20.8 Å². The van der Waals surface area contributed by atoms with E-state index < -0.39 is 17.5 Å². The molecule has 0 spiro atoms. The van der Waals surface area contributed by atoms with Gasteiger partial charge < -0.3 is 4.74 Å². The van der Waals surface area contributed by atoms with E-state index in [1.54, 1.807) is 20.8 Å². The third kappa shape index (κ3) is 2.80. The average Bonchev–Trinajstić information content (AvgIpc) is 2.01. The number of esters is 1. The molecule has 0 fully saturated rings. The van der Waals surface area contributed by atoms with Crippen LogP contribution in [0.15, 0.2) is 17.3 Å². The molecule has 1 unspecified atom stereocenters. The van der Waals surface area contributed by atoms with Crippen molar-refractivity contribution >= 4 is 18.0 Å². The SMILES string of the molecule is CC(C)(C)OC(=O)C1C=NC=CC1=O. The maximum atomic E-state index is 11.5. The molecular weight excluding hydrogens is 182 g/mol. The van der Waals surface area contributed by atoms with Gasteiger partial charge in [0.1, 0.15) is 5.60 Å². The lowest BCUT2D eigenvalue weighted by Crippen LogP contribution is -2.33. The average molecular weight is 195 g/mol. The number of ether oxygens (including phenoxy) is 1. The van der Waals surface area contributed by atoms with E-state index >= 15 is 0 Å². The van der Waals surface area contributed by atoms with Gasteiger partial charge in [0.05, 0.1) is 0 Å². The van der Waals surface area contributed by atoms with E-state index in [4.69, 9.17) is 4.74 Å². The van der Waals surface area contributed by atoms with Crippen molar-refractivity contribution in [2.24, 2.45) is 10.9 Å². The third-order valence-corrected chi connectivity index (χ3v) is 1.53. The summed E-state index contributed by atoms with van der Waals surface area (Å²) in [5.74, 6) is -1.70. The summed E-state index contributed by atoms with van der Waals surface area (Å²) in [7, 11) is 0. The highest BCUT2D eigenvalue weighted by Crippen LogP contribution is 2.12. The number of carbonyl (C=O) groups is 2. The summed E-state index contributed by atoms with van der Waals surface area (Å²) in [6.07, 6.45) is 3.94. The lowest BCUT2D eigenvalue weighted by molar-refractivity contribution is -0.158. The van der Waals surface area contributed by atoms with Crippen LogP contribution < -0.4 is 0 Å². The molecule has 1 aliphatic heterocycles. The molecular formula is C10H13NO3. The van der Waals surface area contributed by atoms with Crippen LogP contribution >= 0.6 is 0 Å². The quantitative estimate of drug-likeness (QED) is 0.465. The molecule has 1 heterocycles. The highest BCUT2D eigenvalue weighted by Gasteiger charge is 2.29. The van der Waals surface area contributed by atoms with Crippen molar-refractivity contribution < 1.29 is 14.3 Å². The van der Waals surface area contributed by atoms with Gasteiger partial charge in [0.15, 0.2) is 11.7 Å². The van der Waals surface area contributed by atoms with Crippen LogP contribution in [0.1, 0.15) is 20.8 Å². The highest BCUT2D eigenvalue weighted by atomic mass is 16.6. The minimum absolute atomic E-state index is 0.283. The molecule has 4 nitrogen and oxygen atoms in total. The van der Waals surface area contributed by atoms with Crippen LogP contribution in [0.4, 0.5) is 0 Å². The molecule has 0 aromatic rings. The molecule has 0 saturated carbocycles. The number of aliphatic imine (C=N–C) groups is 1. The first-order valence-electron chi connectivity index (χ1n) is 4.37. The van der Waals surface area contributed by atoms with Gasteiger partial charge in [0.2, 0.25) is 0 Å². The predicted octanol–water partition coefficient (Wildman–Crippen LogP) is 1.11.